The van der Waals surface area contributed by atoms with Gasteiger partial charge in [0.2, 0.25) is 5.82 Å². The molecule has 0 unspecified atom stereocenters. The summed E-state index contributed by atoms with van der Waals surface area (Å²) in [6.07, 6.45) is 0. The van der Waals surface area contributed by atoms with Gasteiger partial charge in [0.05, 0.1) is 4.92 Å². The molecule has 0 atom stereocenters. The third-order valence-corrected chi connectivity index (χ3v) is 2.80. The lowest BCUT2D eigenvalue weighted by atomic mass is 10.2. The SMILES string of the molecule is NNc1ccc([N+](=O)[O-])c(NCc2cccc(Cl)c2)n1. The van der Waals surface area contributed by atoms with Crippen molar-refractivity contribution in [1.29, 1.82) is 0 Å². The normalized spacial score (nSPS) is 10.1. The Labute approximate surface area is 119 Å². The summed E-state index contributed by atoms with van der Waals surface area (Å²) in [6, 6.07) is 9.95. The predicted molar refractivity (Wildman–Crippen MR) is 77.5 cm³/mol. The van der Waals surface area contributed by atoms with Gasteiger partial charge in [0.1, 0.15) is 5.82 Å². The molecule has 20 heavy (non-hydrogen) atoms. The number of rotatable bonds is 5. The van der Waals surface area contributed by atoms with Crippen LogP contribution in [-0.4, -0.2) is 9.91 Å². The summed E-state index contributed by atoms with van der Waals surface area (Å²) in [4.78, 5) is 14.5. The van der Waals surface area contributed by atoms with Crippen LogP contribution in [0.25, 0.3) is 0 Å². The Bertz CT molecular complexity index is 635. The average molecular weight is 294 g/mol. The maximum absolute atomic E-state index is 10.9. The van der Waals surface area contributed by atoms with E-state index in [9.17, 15) is 10.1 Å². The molecular weight excluding hydrogens is 282 g/mol. The number of nitrogens with two attached hydrogens (primary N) is 1. The minimum atomic E-state index is -0.506. The highest BCUT2D eigenvalue weighted by atomic mass is 35.5. The molecule has 0 saturated heterocycles. The Kier molecular flexibility index (Phi) is 4.34. The zero-order valence-electron chi connectivity index (χ0n) is 10.3. The van der Waals surface area contributed by atoms with Crippen LogP contribution in [0.1, 0.15) is 5.56 Å². The van der Waals surface area contributed by atoms with Crippen LogP contribution in [0.5, 0.6) is 0 Å². The van der Waals surface area contributed by atoms with Crippen LogP contribution >= 0.6 is 11.6 Å². The van der Waals surface area contributed by atoms with Crippen molar-refractivity contribution in [2.45, 2.75) is 6.54 Å². The molecule has 0 spiro atoms. The number of anilines is 2. The monoisotopic (exact) mass is 293 g/mol. The van der Waals surface area contributed by atoms with Crippen LogP contribution < -0.4 is 16.6 Å². The lowest BCUT2D eigenvalue weighted by Crippen LogP contribution is -2.11. The van der Waals surface area contributed by atoms with E-state index in [0.29, 0.717) is 17.4 Å². The maximum atomic E-state index is 10.9. The van der Waals surface area contributed by atoms with E-state index in [-0.39, 0.29) is 11.5 Å². The molecule has 0 saturated carbocycles. The summed E-state index contributed by atoms with van der Waals surface area (Å²) in [7, 11) is 0. The third-order valence-electron chi connectivity index (χ3n) is 2.57. The molecule has 0 aliphatic carbocycles. The maximum Gasteiger partial charge on any atom is 0.311 e. The van der Waals surface area contributed by atoms with Crippen LogP contribution in [0.2, 0.25) is 5.02 Å². The standard InChI is InChI=1S/C12H12ClN5O2/c13-9-3-1-2-8(6-9)7-15-12-10(18(19)20)4-5-11(16-12)17-14/h1-6H,7,14H2,(H2,15,16,17). The molecule has 0 bridgehead atoms. The van der Waals surface area contributed by atoms with Crippen molar-refractivity contribution in [1.82, 2.24) is 4.98 Å². The molecule has 1 aromatic carbocycles. The number of hydrogen-bond acceptors (Lipinski definition) is 6. The van der Waals surface area contributed by atoms with E-state index in [4.69, 9.17) is 17.4 Å². The number of benzene rings is 1. The minimum absolute atomic E-state index is 0.119. The van der Waals surface area contributed by atoms with E-state index < -0.39 is 4.92 Å². The van der Waals surface area contributed by atoms with Crippen molar-refractivity contribution in [3.63, 3.8) is 0 Å². The number of nitrogens with one attached hydrogen (secondary N) is 2. The van der Waals surface area contributed by atoms with Gasteiger partial charge >= 0.3 is 5.69 Å². The Hall–Kier alpha value is -2.38. The fourth-order valence-electron chi connectivity index (χ4n) is 1.64. The van der Waals surface area contributed by atoms with Crippen molar-refractivity contribution < 1.29 is 4.92 Å². The van der Waals surface area contributed by atoms with Gasteiger partial charge in [-0.15, -0.1) is 0 Å². The molecule has 0 aliphatic rings. The highest BCUT2D eigenvalue weighted by Crippen LogP contribution is 2.24. The van der Waals surface area contributed by atoms with Gasteiger partial charge < -0.3 is 10.7 Å². The fourth-order valence-corrected chi connectivity index (χ4v) is 1.86. The summed E-state index contributed by atoms with van der Waals surface area (Å²) in [5.41, 5.74) is 3.12. The molecule has 0 aliphatic heterocycles. The molecule has 0 fully saturated rings. The summed E-state index contributed by atoms with van der Waals surface area (Å²) in [5, 5.41) is 14.4. The molecule has 0 amide bonds. The lowest BCUT2D eigenvalue weighted by Gasteiger charge is -2.08. The van der Waals surface area contributed by atoms with Crippen LogP contribution in [0.15, 0.2) is 36.4 Å². The molecule has 7 nitrogen and oxygen atoms in total. The van der Waals surface area contributed by atoms with Gasteiger partial charge in [-0.25, -0.2) is 10.8 Å². The molecule has 8 heteroatoms. The number of nitro groups is 1. The summed E-state index contributed by atoms with van der Waals surface area (Å²) >= 11 is 5.88. The number of hydrazine groups is 1. The fraction of sp³-hybridized carbons (Fsp3) is 0.0833. The zero-order chi connectivity index (χ0) is 14.5. The number of nitrogen functional groups attached to an aromatic ring is 1. The van der Waals surface area contributed by atoms with Crippen LogP contribution in [0.3, 0.4) is 0 Å². The van der Waals surface area contributed by atoms with Gasteiger partial charge in [0.25, 0.3) is 0 Å². The topological polar surface area (TPSA) is 106 Å². The highest BCUT2D eigenvalue weighted by molar-refractivity contribution is 6.30. The zero-order valence-corrected chi connectivity index (χ0v) is 11.1. The molecule has 1 heterocycles. The first-order valence-corrected chi connectivity index (χ1v) is 6.08. The second-order valence-electron chi connectivity index (χ2n) is 3.95. The van der Waals surface area contributed by atoms with Gasteiger partial charge in [-0.05, 0) is 23.8 Å². The first kappa shape index (κ1) is 14.0. The number of hydrogen-bond donors (Lipinski definition) is 3. The Morgan fingerprint density at radius 3 is 2.80 bits per heavy atom. The summed E-state index contributed by atoms with van der Waals surface area (Å²) in [5.74, 6) is 5.73. The second-order valence-corrected chi connectivity index (χ2v) is 4.39. The van der Waals surface area contributed by atoms with E-state index in [2.05, 4.69) is 15.7 Å². The number of aromatic nitrogens is 1. The molecule has 2 aromatic rings. The second kappa shape index (κ2) is 6.18. The number of pyridine rings is 1. The van der Waals surface area contributed by atoms with E-state index in [1.807, 2.05) is 6.07 Å². The van der Waals surface area contributed by atoms with Crippen LogP contribution in [0.4, 0.5) is 17.3 Å². The largest absolute Gasteiger partial charge is 0.360 e. The molecule has 2 rings (SSSR count). The smallest absolute Gasteiger partial charge is 0.311 e. The molecule has 0 radical (unpaired) electrons. The molecule has 104 valence electrons. The van der Waals surface area contributed by atoms with Gasteiger partial charge in [0.15, 0.2) is 0 Å². The van der Waals surface area contributed by atoms with Crippen molar-refractivity contribution in [3.05, 3.63) is 57.1 Å². The Balaban J connectivity index is 2.21. The minimum Gasteiger partial charge on any atom is -0.360 e. The first-order chi connectivity index (χ1) is 9.60. The number of halogens is 1. The quantitative estimate of drug-likeness (QED) is 0.444. The van der Waals surface area contributed by atoms with E-state index >= 15 is 0 Å². The average Bonchev–Trinajstić information content (AvgIpc) is 2.44. The van der Waals surface area contributed by atoms with Gasteiger partial charge in [0, 0.05) is 17.6 Å². The van der Waals surface area contributed by atoms with Crippen molar-refractivity contribution in [2.24, 2.45) is 5.84 Å². The van der Waals surface area contributed by atoms with Crippen LogP contribution in [0, 0.1) is 10.1 Å². The summed E-state index contributed by atoms with van der Waals surface area (Å²) < 4.78 is 0. The van der Waals surface area contributed by atoms with Gasteiger partial charge in [-0.1, -0.05) is 23.7 Å². The highest BCUT2D eigenvalue weighted by Gasteiger charge is 2.15. The molecular formula is C12H12ClN5O2. The third kappa shape index (κ3) is 3.34. The Morgan fingerprint density at radius 1 is 1.35 bits per heavy atom. The van der Waals surface area contributed by atoms with E-state index in [0.717, 1.165) is 5.56 Å². The van der Waals surface area contributed by atoms with Crippen LogP contribution in [-0.2, 0) is 6.54 Å². The molecule has 4 N–H and O–H groups in total. The summed E-state index contributed by atoms with van der Waals surface area (Å²) in [6.45, 7) is 0.364. The molecule has 1 aromatic heterocycles. The van der Waals surface area contributed by atoms with Gasteiger partial charge in [-0.3, -0.25) is 10.1 Å². The number of nitrogens with zero attached hydrogens (tertiary/aromatic N) is 2. The van der Waals surface area contributed by atoms with E-state index in [1.165, 1.54) is 12.1 Å². The van der Waals surface area contributed by atoms with Crippen molar-refractivity contribution in [2.75, 3.05) is 10.7 Å². The van der Waals surface area contributed by atoms with E-state index in [1.54, 1.807) is 18.2 Å². The lowest BCUT2D eigenvalue weighted by molar-refractivity contribution is -0.384. The first-order valence-electron chi connectivity index (χ1n) is 5.70. The predicted octanol–water partition coefficient (Wildman–Crippen LogP) is 2.54. The van der Waals surface area contributed by atoms with Crippen molar-refractivity contribution in [3.8, 4) is 0 Å². The Morgan fingerprint density at radius 2 is 2.15 bits per heavy atom. The van der Waals surface area contributed by atoms with Gasteiger partial charge in [-0.2, -0.15) is 0 Å². The van der Waals surface area contributed by atoms with Crippen molar-refractivity contribution >= 4 is 28.9 Å².